The summed E-state index contributed by atoms with van der Waals surface area (Å²) in [5.41, 5.74) is 2.74. The largest absolute Gasteiger partial charge is 0.507 e. The molecule has 1 unspecified atom stereocenters. The highest BCUT2D eigenvalue weighted by Crippen LogP contribution is 2.41. The number of aromatic hydroxyl groups is 1. The maximum Gasteiger partial charge on any atom is 0.141 e. The van der Waals surface area contributed by atoms with E-state index in [1.807, 2.05) is 12.1 Å². The van der Waals surface area contributed by atoms with Gasteiger partial charge in [0.1, 0.15) is 11.8 Å². The van der Waals surface area contributed by atoms with E-state index in [2.05, 4.69) is 75.4 Å². The fourth-order valence-corrected chi connectivity index (χ4v) is 5.11. The Kier molecular flexibility index (Phi) is 8.54. The van der Waals surface area contributed by atoms with Crippen molar-refractivity contribution < 1.29 is 9.59 Å². The van der Waals surface area contributed by atoms with Gasteiger partial charge in [-0.15, -0.1) is 0 Å². The Bertz CT molecular complexity index is 912. The molecule has 0 aliphatic rings. The zero-order chi connectivity index (χ0) is 22.1. The highest BCUT2D eigenvalue weighted by atomic mass is 16.3. The first-order valence-corrected chi connectivity index (χ1v) is 12.3. The molecule has 0 aliphatic heterocycles. The lowest BCUT2D eigenvalue weighted by Gasteiger charge is -2.46. The molecule has 0 bridgehead atoms. The van der Waals surface area contributed by atoms with Gasteiger partial charge in [-0.05, 0) is 36.8 Å². The fourth-order valence-electron chi connectivity index (χ4n) is 5.11. The molecule has 3 aromatic carbocycles. The van der Waals surface area contributed by atoms with E-state index < -0.39 is 0 Å². The van der Waals surface area contributed by atoms with E-state index >= 15 is 0 Å². The average molecular weight is 419 g/mol. The van der Waals surface area contributed by atoms with Gasteiger partial charge in [-0.25, -0.2) is 0 Å². The first kappa shape index (κ1) is 23.3. The third-order valence-corrected chi connectivity index (χ3v) is 6.76. The average Bonchev–Trinajstić information content (AvgIpc) is 2.82. The van der Waals surface area contributed by atoms with E-state index in [0.29, 0.717) is 5.75 Å². The minimum atomic E-state index is 0.274. The van der Waals surface area contributed by atoms with Crippen LogP contribution < -0.4 is 0 Å². The van der Waals surface area contributed by atoms with Crippen LogP contribution in [0.5, 0.6) is 5.75 Å². The smallest absolute Gasteiger partial charge is 0.141 e. The normalized spacial score (nSPS) is 12.9. The number of quaternary nitrogens is 1. The van der Waals surface area contributed by atoms with Crippen LogP contribution in [0.4, 0.5) is 0 Å². The van der Waals surface area contributed by atoms with Crippen molar-refractivity contribution in [2.75, 3.05) is 19.6 Å². The fraction of sp³-hybridized carbons (Fsp3) is 0.448. The number of hydrogen-bond acceptors (Lipinski definition) is 1. The van der Waals surface area contributed by atoms with Crippen LogP contribution in [0.2, 0.25) is 0 Å². The van der Waals surface area contributed by atoms with Crippen LogP contribution in [0.1, 0.15) is 76.5 Å². The zero-order valence-corrected chi connectivity index (χ0v) is 19.7. The standard InChI is InChI=1S/C29H39NO/c1-4-7-21-30(22-8-5-2,23-9-6-3)29(24-15-11-10-12-16-24)27-19-20-28(31)26-18-14-13-17-25(26)27/h10-20,29H,4-9,21-23H2,1-3H3/p+1. The van der Waals surface area contributed by atoms with Crippen LogP contribution in [-0.4, -0.2) is 29.2 Å². The van der Waals surface area contributed by atoms with Crippen molar-refractivity contribution >= 4 is 10.8 Å². The maximum absolute atomic E-state index is 10.6. The van der Waals surface area contributed by atoms with Gasteiger partial charge in [-0.1, -0.05) is 94.6 Å². The van der Waals surface area contributed by atoms with E-state index in [1.165, 1.54) is 74.7 Å². The van der Waals surface area contributed by atoms with E-state index in [4.69, 9.17) is 0 Å². The van der Waals surface area contributed by atoms with Gasteiger partial charge in [0.2, 0.25) is 0 Å². The van der Waals surface area contributed by atoms with Crippen LogP contribution in [0.15, 0.2) is 66.7 Å². The molecule has 1 atom stereocenters. The van der Waals surface area contributed by atoms with E-state index in [0.717, 1.165) is 9.87 Å². The Hall–Kier alpha value is -2.32. The maximum atomic E-state index is 10.6. The number of rotatable bonds is 12. The van der Waals surface area contributed by atoms with E-state index in [-0.39, 0.29) is 6.04 Å². The summed E-state index contributed by atoms with van der Waals surface area (Å²) in [7, 11) is 0. The first-order valence-electron chi connectivity index (χ1n) is 12.3. The van der Waals surface area contributed by atoms with Crippen LogP contribution in [0.25, 0.3) is 10.8 Å². The second-order valence-corrected chi connectivity index (χ2v) is 8.98. The quantitative estimate of drug-likeness (QED) is 0.297. The molecule has 3 rings (SSSR count). The topological polar surface area (TPSA) is 20.2 Å². The molecule has 0 aliphatic carbocycles. The van der Waals surface area contributed by atoms with Gasteiger partial charge in [-0.3, -0.25) is 0 Å². The summed E-state index contributed by atoms with van der Waals surface area (Å²) in [6.07, 6.45) is 7.38. The molecular formula is C29H40NO+. The molecule has 0 saturated heterocycles. The monoisotopic (exact) mass is 418 g/mol. The van der Waals surface area contributed by atoms with Gasteiger partial charge in [-0.2, -0.15) is 0 Å². The van der Waals surface area contributed by atoms with Gasteiger partial charge in [0, 0.05) is 16.5 Å². The molecule has 0 radical (unpaired) electrons. The lowest BCUT2D eigenvalue weighted by Crippen LogP contribution is -2.53. The number of benzene rings is 3. The Morgan fingerprint density at radius 3 is 1.71 bits per heavy atom. The Morgan fingerprint density at radius 2 is 1.16 bits per heavy atom. The summed E-state index contributed by atoms with van der Waals surface area (Å²) in [6.45, 7) is 10.5. The van der Waals surface area contributed by atoms with Crippen molar-refractivity contribution in [2.45, 2.75) is 65.3 Å². The third kappa shape index (κ3) is 5.30. The summed E-state index contributed by atoms with van der Waals surface area (Å²) in [5, 5.41) is 12.7. The minimum absolute atomic E-state index is 0.274. The van der Waals surface area contributed by atoms with Crippen molar-refractivity contribution in [1.82, 2.24) is 0 Å². The molecule has 31 heavy (non-hydrogen) atoms. The van der Waals surface area contributed by atoms with Crippen LogP contribution in [0, 0.1) is 0 Å². The highest BCUT2D eigenvalue weighted by molar-refractivity contribution is 5.91. The van der Waals surface area contributed by atoms with E-state index in [9.17, 15) is 5.11 Å². The van der Waals surface area contributed by atoms with Gasteiger partial charge in [0.15, 0.2) is 0 Å². The number of unbranched alkanes of at least 4 members (excludes halogenated alkanes) is 3. The number of fused-ring (bicyclic) bond motifs is 1. The third-order valence-electron chi connectivity index (χ3n) is 6.76. The second-order valence-electron chi connectivity index (χ2n) is 8.98. The SMILES string of the molecule is CCCC[N+](CCCC)(CCCC)C(c1ccccc1)c1ccc(O)c2ccccc12. The van der Waals surface area contributed by atoms with E-state index in [1.54, 1.807) is 0 Å². The molecular weight excluding hydrogens is 378 g/mol. The van der Waals surface area contributed by atoms with Crippen molar-refractivity contribution in [3.8, 4) is 5.75 Å². The summed E-state index contributed by atoms with van der Waals surface area (Å²) >= 11 is 0. The molecule has 3 aromatic rings. The molecule has 0 saturated carbocycles. The Balaban J connectivity index is 2.27. The first-order chi connectivity index (χ1) is 15.2. The lowest BCUT2D eigenvalue weighted by molar-refractivity contribution is -0.952. The number of phenols is 1. The Morgan fingerprint density at radius 1 is 0.645 bits per heavy atom. The predicted molar refractivity (Wildman–Crippen MR) is 133 cm³/mol. The summed E-state index contributed by atoms with van der Waals surface area (Å²) in [6, 6.07) is 23.8. The predicted octanol–water partition coefficient (Wildman–Crippen LogP) is 7.85. The number of phenolic OH excluding ortho intramolecular Hbond substituents is 1. The van der Waals surface area contributed by atoms with Crippen molar-refractivity contribution in [3.63, 3.8) is 0 Å². The van der Waals surface area contributed by atoms with Gasteiger partial charge >= 0.3 is 0 Å². The Labute approximate surface area is 189 Å². The molecule has 2 nitrogen and oxygen atoms in total. The molecule has 0 aromatic heterocycles. The second kappa shape index (κ2) is 11.3. The van der Waals surface area contributed by atoms with Crippen LogP contribution in [0.3, 0.4) is 0 Å². The van der Waals surface area contributed by atoms with Crippen molar-refractivity contribution in [3.05, 3.63) is 77.9 Å². The molecule has 2 heteroatoms. The van der Waals surface area contributed by atoms with Crippen LogP contribution in [-0.2, 0) is 0 Å². The van der Waals surface area contributed by atoms with Crippen molar-refractivity contribution in [1.29, 1.82) is 0 Å². The van der Waals surface area contributed by atoms with Crippen molar-refractivity contribution in [2.24, 2.45) is 0 Å². The van der Waals surface area contributed by atoms with Gasteiger partial charge < -0.3 is 9.59 Å². The molecule has 0 amide bonds. The lowest BCUT2D eigenvalue weighted by atomic mass is 9.89. The number of hydrogen-bond donors (Lipinski definition) is 1. The number of nitrogens with zero attached hydrogens (tertiary/aromatic N) is 1. The summed E-state index contributed by atoms with van der Waals surface area (Å²) in [4.78, 5) is 0. The molecule has 0 spiro atoms. The molecule has 166 valence electrons. The van der Waals surface area contributed by atoms with Gasteiger partial charge in [0.05, 0.1) is 19.6 Å². The summed E-state index contributed by atoms with van der Waals surface area (Å²) < 4.78 is 1.11. The van der Waals surface area contributed by atoms with Gasteiger partial charge in [0.25, 0.3) is 0 Å². The van der Waals surface area contributed by atoms with Crippen LogP contribution >= 0.6 is 0 Å². The molecule has 0 heterocycles. The minimum Gasteiger partial charge on any atom is -0.507 e. The molecule has 0 fully saturated rings. The molecule has 1 N–H and O–H groups in total. The zero-order valence-electron chi connectivity index (χ0n) is 19.7. The summed E-state index contributed by atoms with van der Waals surface area (Å²) in [5.74, 6) is 0.375. The highest BCUT2D eigenvalue weighted by Gasteiger charge is 2.39.